The van der Waals surface area contributed by atoms with Gasteiger partial charge in [-0.25, -0.2) is 0 Å². The molecule has 0 aliphatic carbocycles. The molecule has 12 heavy (non-hydrogen) atoms. The van der Waals surface area contributed by atoms with Gasteiger partial charge in [0.15, 0.2) is 0 Å². The van der Waals surface area contributed by atoms with E-state index >= 15 is 0 Å². The second kappa shape index (κ2) is 2.48. The molecular formula is C8H9N3O. The molecule has 0 aromatic carbocycles. The van der Waals surface area contributed by atoms with Gasteiger partial charge in [-0.1, -0.05) is 0 Å². The first kappa shape index (κ1) is 7.09. The lowest BCUT2D eigenvalue weighted by Crippen LogP contribution is -2.36. The molecule has 2 heterocycles. The summed E-state index contributed by atoms with van der Waals surface area (Å²) in [5.41, 5.74) is 1.68. The van der Waals surface area contributed by atoms with Crippen molar-refractivity contribution >= 4 is 17.3 Å². The first-order valence-electron chi connectivity index (χ1n) is 3.79. The van der Waals surface area contributed by atoms with Gasteiger partial charge in [0.25, 0.3) is 0 Å². The second-order valence-electron chi connectivity index (χ2n) is 2.78. The van der Waals surface area contributed by atoms with E-state index in [4.69, 9.17) is 0 Å². The molecule has 0 fully saturated rings. The van der Waals surface area contributed by atoms with E-state index < -0.39 is 0 Å². The molecule has 4 heteroatoms. The van der Waals surface area contributed by atoms with Gasteiger partial charge in [0.2, 0.25) is 5.91 Å². The van der Waals surface area contributed by atoms with E-state index in [1.165, 1.54) is 0 Å². The van der Waals surface area contributed by atoms with Crippen LogP contribution in [0.15, 0.2) is 18.5 Å². The van der Waals surface area contributed by atoms with Crippen molar-refractivity contribution in [3.63, 3.8) is 0 Å². The third-order valence-electron chi connectivity index (χ3n) is 1.84. The summed E-state index contributed by atoms with van der Waals surface area (Å²) in [6, 6.07) is 1.67. The Labute approximate surface area is 70.0 Å². The zero-order valence-corrected chi connectivity index (χ0v) is 6.66. The molecule has 1 aromatic heterocycles. The van der Waals surface area contributed by atoms with Crippen LogP contribution in [0.2, 0.25) is 0 Å². The molecular weight excluding hydrogens is 154 g/mol. The van der Waals surface area contributed by atoms with Crippen molar-refractivity contribution < 1.29 is 4.79 Å². The average molecular weight is 163 g/mol. The van der Waals surface area contributed by atoms with Crippen LogP contribution in [-0.2, 0) is 4.79 Å². The largest absolute Gasteiger partial charge is 0.372 e. The lowest BCUT2D eigenvalue weighted by atomic mass is 10.2. The molecule has 1 atom stereocenters. The van der Waals surface area contributed by atoms with Crippen molar-refractivity contribution in [2.24, 2.45) is 0 Å². The van der Waals surface area contributed by atoms with E-state index in [2.05, 4.69) is 15.6 Å². The highest BCUT2D eigenvalue weighted by atomic mass is 16.2. The number of aromatic nitrogens is 1. The number of anilines is 2. The SMILES string of the molecule is C[C@@H]1Nc2ccncc2NC1=O. The number of pyridine rings is 1. The third kappa shape index (κ3) is 1.01. The molecule has 2 N–H and O–H groups in total. The Kier molecular flexibility index (Phi) is 1.46. The number of nitrogens with one attached hydrogen (secondary N) is 2. The predicted molar refractivity (Wildman–Crippen MR) is 46.0 cm³/mol. The normalized spacial score (nSPS) is 20.8. The molecule has 0 unspecified atom stereocenters. The van der Waals surface area contributed by atoms with Gasteiger partial charge in [-0.2, -0.15) is 0 Å². The number of amides is 1. The summed E-state index contributed by atoms with van der Waals surface area (Å²) < 4.78 is 0. The first-order valence-corrected chi connectivity index (χ1v) is 3.79. The predicted octanol–water partition coefficient (Wildman–Crippen LogP) is 0.834. The quantitative estimate of drug-likeness (QED) is 0.595. The lowest BCUT2D eigenvalue weighted by molar-refractivity contribution is -0.116. The number of fused-ring (bicyclic) bond motifs is 1. The summed E-state index contributed by atoms with van der Waals surface area (Å²) in [5.74, 6) is -0.0181. The smallest absolute Gasteiger partial charge is 0.246 e. The summed E-state index contributed by atoms with van der Waals surface area (Å²) in [6.07, 6.45) is 3.32. The summed E-state index contributed by atoms with van der Waals surface area (Å²) in [6.45, 7) is 1.82. The van der Waals surface area contributed by atoms with Crippen LogP contribution in [0, 0.1) is 0 Å². The molecule has 1 aliphatic heterocycles. The Morgan fingerprint density at radius 1 is 1.50 bits per heavy atom. The highest BCUT2D eigenvalue weighted by Gasteiger charge is 2.20. The van der Waals surface area contributed by atoms with Gasteiger partial charge in [-0.3, -0.25) is 9.78 Å². The average Bonchev–Trinajstić information content (AvgIpc) is 2.07. The minimum Gasteiger partial charge on any atom is -0.372 e. The minimum absolute atomic E-state index is 0.0181. The molecule has 1 amide bonds. The fourth-order valence-corrected chi connectivity index (χ4v) is 1.16. The Balaban J connectivity index is 2.40. The number of hydrogen-bond acceptors (Lipinski definition) is 3. The van der Waals surface area contributed by atoms with Crippen LogP contribution in [0.25, 0.3) is 0 Å². The van der Waals surface area contributed by atoms with Gasteiger partial charge >= 0.3 is 0 Å². The Morgan fingerprint density at radius 3 is 3.17 bits per heavy atom. The Bertz CT molecular complexity index is 324. The number of nitrogens with zero attached hydrogens (tertiary/aromatic N) is 1. The van der Waals surface area contributed by atoms with Crippen LogP contribution < -0.4 is 10.6 Å². The molecule has 62 valence electrons. The third-order valence-corrected chi connectivity index (χ3v) is 1.84. The maximum Gasteiger partial charge on any atom is 0.246 e. The number of hydrogen-bond donors (Lipinski definition) is 2. The van der Waals surface area contributed by atoms with Crippen LogP contribution in [0.5, 0.6) is 0 Å². The molecule has 0 saturated carbocycles. The maximum atomic E-state index is 11.2. The molecule has 0 radical (unpaired) electrons. The van der Waals surface area contributed by atoms with E-state index in [0.29, 0.717) is 0 Å². The Hall–Kier alpha value is -1.58. The summed E-state index contributed by atoms with van der Waals surface area (Å²) in [7, 11) is 0. The molecule has 0 bridgehead atoms. The number of carbonyl (C=O) groups excluding carboxylic acids is 1. The topological polar surface area (TPSA) is 54.0 Å². The standard InChI is InChI=1S/C8H9N3O/c1-5-8(12)11-7-4-9-3-2-6(7)10-5/h2-5,10H,1H3,(H,11,12)/t5-/m0/s1. The summed E-state index contributed by atoms with van der Waals surface area (Å²) in [4.78, 5) is 15.1. The van der Waals surface area contributed by atoms with Crippen LogP contribution in [0.4, 0.5) is 11.4 Å². The van der Waals surface area contributed by atoms with E-state index in [9.17, 15) is 4.79 Å². The van der Waals surface area contributed by atoms with Crippen molar-refractivity contribution in [3.8, 4) is 0 Å². The van der Waals surface area contributed by atoms with Gasteiger partial charge < -0.3 is 10.6 Å². The van der Waals surface area contributed by atoms with Crippen molar-refractivity contribution in [2.45, 2.75) is 13.0 Å². The van der Waals surface area contributed by atoms with E-state index in [0.717, 1.165) is 11.4 Å². The molecule has 0 saturated heterocycles. The maximum absolute atomic E-state index is 11.2. The number of carbonyl (C=O) groups is 1. The fraction of sp³-hybridized carbons (Fsp3) is 0.250. The zero-order chi connectivity index (χ0) is 8.55. The van der Waals surface area contributed by atoms with Crippen molar-refractivity contribution in [3.05, 3.63) is 18.5 Å². The van der Waals surface area contributed by atoms with Gasteiger partial charge in [0.1, 0.15) is 6.04 Å². The summed E-state index contributed by atoms with van der Waals surface area (Å²) in [5, 5.41) is 5.80. The minimum atomic E-state index is -0.167. The molecule has 0 spiro atoms. The van der Waals surface area contributed by atoms with E-state index in [1.807, 2.05) is 13.0 Å². The number of rotatable bonds is 0. The fourth-order valence-electron chi connectivity index (χ4n) is 1.16. The first-order chi connectivity index (χ1) is 5.77. The zero-order valence-electron chi connectivity index (χ0n) is 6.66. The van der Waals surface area contributed by atoms with Crippen LogP contribution >= 0.6 is 0 Å². The van der Waals surface area contributed by atoms with Crippen molar-refractivity contribution in [1.82, 2.24) is 4.98 Å². The highest BCUT2D eigenvalue weighted by molar-refractivity contribution is 6.02. The van der Waals surface area contributed by atoms with Gasteiger partial charge in [0.05, 0.1) is 17.6 Å². The van der Waals surface area contributed by atoms with Crippen LogP contribution in [-0.4, -0.2) is 16.9 Å². The lowest BCUT2D eigenvalue weighted by Gasteiger charge is -2.23. The molecule has 1 aliphatic rings. The second-order valence-corrected chi connectivity index (χ2v) is 2.78. The summed E-state index contributed by atoms with van der Waals surface area (Å²) >= 11 is 0. The van der Waals surface area contributed by atoms with Crippen LogP contribution in [0.1, 0.15) is 6.92 Å². The molecule has 2 rings (SSSR count). The van der Waals surface area contributed by atoms with Gasteiger partial charge in [-0.15, -0.1) is 0 Å². The van der Waals surface area contributed by atoms with Crippen LogP contribution in [0.3, 0.4) is 0 Å². The van der Waals surface area contributed by atoms with E-state index in [-0.39, 0.29) is 11.9 Å². The van der Waals surface area contributed by atoms with Crippen molar-refractivity contribution in [2.75, 3.05) is 10.6 Å². The van der Waals surface area contributed by atoms with E-state index in [1.54, 1.807) is 12.4 Å². The molecule has 1 aromatic rings. The highest BCUT2D eigenvalue weighted by Crippen LogP contribution is 2.24. The van der Waals surface area contributed by atoms with Gasteiger partial charge in [0, 0.05) is 6.20 Å². The monoisotopic (exact) mass is 163 g/mol. The van der Waals surface area contributed by atoms with Gasteiger partial charge in [-0.05, 0) is 13.0 Å². The molecule has 4 nitrogen and oxygen atoms in total. The Morgan fingerprint density at radius 2 is 2.33 bits per heavy atom. The van der Waals surface area contributed by atoms with Crippen molar-refractivity contribution in [1.29, 1.82) is 0 Å².